The van der Waals surface area contributed by atoms with Crippen molar-refractivity contribution in [2.45, 2.75) is 33.4 Å². The van der Waals surface area contributed by atoms with E-state index in [0.717, 1.165) is 19.6 Å². The van der Waals surface area contributed by atoms with E-state index in [1.807, 2.05) is 74.5 Å². The van der Waals surface area contributed by atoms with Gasteiger partial charge in [0.15, 0.2) is 0 Å². The minimum absolute atomic E-state index is 0.426. The highest BCUT2D eigenvalue weighted by molar-refractivity contribution is 8.00. The molecule has 0 spiro atoms. The van der Waals surface area contributed by atoms with E-state index >= 15 is 0 Å². The van der Waals surface area contributed by atoms with Crippen LogP contribution in [-0.2, 0) is 0 Å². The van der Waals surface area contributed by atoms with Crippen molar-refractivity contribution in [3.63, 3.8) is 0 Å². The van der Waals surface area contributed by atoms with Crippen LogP contribution in [0.4, 0.5) is 5.69 Å². The molecule has 0 heterocycles. The number of hydrogen-bond donors (Lipinski definition) is 0. The molecule has 0 aliphatic rings. The summed E-state index contributed by atoms with van der Waals surface area (Å²) in [5.41, 5.74) is 3.27. The highest BCUT2D eigenvalue weighted by Crippen LogP contribution is 2.42. The Kier molecular flexibility index (Phi) is 5.68. The molecule has 0 unspecified atom stereocenters. The molecule has 26 heavy (non-hydrogen) atoms. The lowest BCUT2D eigenvalue weighted by molar-refractivity contribution is 1.29. The highest BCUT2D eigenvalue weighted by atomic mass is 32.2. The van der Waals surface area contributed by atoms with Gasteiger partial charge in [-0.05, 0) is 44.2 Å². The van der Waals surface area contributed by atoms with Crippen LogP contribution in [-0.4, -0.2) is 0 Å². The number of rotatable bonds is 4. The Bertz CT molecular complexity index is 924. The van der Waals surface area contributed by atoms with Crippen molar-refractivity contribution in [2.24, 2.45) is 0 Å². The molecule has 3 aromatic rings. The van der Waals surface area contributed by atoms with E-state index < -0.39 is 0 Å². The third-order valence-corrected chi connectivity index (χ3v) is 5.95. The Balaban J connectivity index is 1.96. The molecule has 0 saturated carbocycles. The molecule has 0 fully saturated rings. The Labute approximate surface area is 162 Å². The summed E-state index contributed by atoms with van der Waals surface area (Å²) in [5.74, 6) is 0. The van der Waals surface area contributed by atoms with E-state index in [4.69, 9.17) is 6.57 Å². The van der Waals surface area contributed by atoms with Crippen molar-refractivity contribution in [1.82, 2.24) is 0 Å². The van der Waals surface area contributed by atoms with Gasteiger partial charge in [0, 0.05) is 19.6 Å². The van der Waals surface area contributed by atoms with E-state index in [0.29, 0.717) is 11.3 Å². The zero-order chi connectivity index (χ0) is 18.5. The zero-order valence-electron chi connectivity index (χ0n) is 14.5. The molecule has 0 N–H and O–H groups in total. The first-order chi connectivity index (χ1) is 12.6. The third kappa shape index (κ3) is 4.11. The summed E-state index contributed by atoms with van der Waals surface area (Å²) in [4.78, 5) is 7.41. The first-order valence-electron chi connectivity index (χ1n) is 8.04. The molecular weight excluding hydrogens is 356 g/mol. The normalized spacial score (nSPS) is 10.2. The molecular formula is C22H16N2S2. The second-order valence-corrected chi connectivity index (χ2v) is 8.07. The van der Waals surface area contributed by atoms with Crippen LogP contribution in [0.25, 0.3) is 4.85 Å². The molecule has 0 aliphatic carbocycles. The van der Waals surface area contributed by atoms with Crippen molar-refractivity contribution in [3.05, 3.63) is 88.8 Å². The van der Waals surface area contributed by atoms with Crippen molar-refractivity contribution in [3.8, 4) is 6.07 Å². The predicted octanol–water partition coefficient (Wildman–Crippen LogP) is 7.03. The van der Waals surface area contributed by atoms with Crippen molar-refractivity contribution in [1.29, 1.82) is 5.26 Å². The summed E-state index contributed by atoms with van der Waals surface area (Å²) in [6.45, 7) is 11.7. The standard InChI is InChI=1S/C22H16N2S2/c1-15-4-8-17(9-5-15)25-20-12-13-21(22(24-3)19(20)14-23)26-18-10-6-16(2)7-11-18/h4-13H,1-2H3. The van der Waals surface area contributed by atoms with Crippen LogP contribution in [0, 0.1) is 31.8 Å². The van der Waals surface area contributed by atoms with Gasteiger partial charge in [-0.3, -0.25) is 0 Å². The SMILES string of the molecule is [C-]#[N+]c1c(Sc2ccc(C)cc2)ccc(Sc2ccc(C)cc2)c1C#N. The van der Waals surface area contributed by atoms with Gasteiger partial charge in [0.1, 0.15) is 0 Å². The minimum Gasteiger partial charge on any atom is -0.236 e. The quantitative estimate of drug-likeness (QED) is 0.460. The van der Waals surface area contributed by atoms with Gasteiger partial charge >= 0.3 is 0 Å². The smallest absolute Gasteiger partial charge is 0.219 e. The summed E-state index contributed by atoms with van der Waals surface area (Å²) in [6.07, 6.45) is 0. The number of aryl methyl sites for hydroxylation is 2. The van der Waals surface area contributed by atoms with E-state index in [2.05, 4.69) is 10.9 Å². The fraction of sp³-hybridized carbons (Fsp3) is 0.0909. The van der Waals surface area contributed by atoms with Crippen molar-refractivity contribution < 1.29 is 0 Å². The van der Waals surface area contributed by atoms with Crippen LogP contribution in [0.2, 0.25) is 0 Å². The largest absolute Gasteiger partial charge is 0.236 e. The highest BCUT2D eigenvalue weighted by Gasteiger charge is 2.15. The lowest BCUT2D eigenvalue weighted by Crippen LogP contribution is -1.86. The van der Waals surface area contributed by atoms with Gasteiger partial charge < -0.3 is 0 Å². The molecule has 0 bridgehead atoms. The lowest BCUT2D eigenvalue weighted by atomic mass is 10.2. The monoisotopic (exact) mass is 372 g/mol. The van der Waals surface area contributed by atoms with E-state index in [-0.39, 0.29) is 0 Å². The van der Waals surface area contributed by atoms with E-state index in [1.54, 1.807) is 0 Å². The van der Waals surface area contributed by atoms with Gasteiger partial charge in [-0.1, -0.05) is 53.2 Å². The first kappa shape index (κ1) is 18.1. The van der Waals surface area contributed by atoms with E-state index in [9.17, 15) is 5.26 Å². The molecule has 2 nitrogen and oxygen atoms in total. The molecule has 0 saturated heterocycles. The lowest BCUT2D eigenvalue weighted by Gasteiger charge is -2.10. The number of nitrogens with zero attached hydrogens (tertiary/aromatic N) is 2. The topological polar surface area (TPSA) is 28.1 Å². The predicted molar refractivity (Wildman–Crippen MR) is 108 cm³/mol. The Morgan fingerprint density at radius 3 is 1.69 bits per heavy atom. The van der Waals surface area contributed by atoms with Gasteiger partial charge in [-0.25, -0.2) is 4.85 Å². The molecule has 4 heteroatoms. The van der Waals surface area contributed by atoms with E-state index in [1.165, 1.54) is 34.7 Å². The van der Waals surface area contributed by atoms with Crippen LogP contribution in [0.1, 0.15) is 16.7 Å². The van der Waals surface area contributed by atoms with Crippen molar-refractivity contribution in [2.75, 3.05) is 0 Å². The molecule has 0 atom stereocenters. The molecule has 3 aromatic carbocycles. The summed E-state index contributed by atoms with van der Waals surface area (Å²) in [5, 5.41) is 9.66. The average Bonchev–Trinajstić information content (AvgIpc) is 2.66. The fourth-order valence-electron chi connectivity index (χ4n) is 2.41. The van der Waals surface area contributed by atoms with Crippen LogP contribution in [0.15, 0.2) is 80.2 Å². The van der Waals surface area contributed by atoms with Crippen LogP contribution < -0.4 is 0 Å². The molecule has 0 aromatic heterocycles. The van der Waals surface area contributed by atoms with Gasteiger partial charge in [-0.15, -0.1) is 11.8 Å². The average molecular weight is 373 g/mol. The Hall–Kier alpha value is -2.66. The Morgan fingerprint density at radius 2 is 1.23 bits per heavy atom. The second kappa shape index (κ2) is 8.15. The van der Waals surface area contributed by atoms with Crippen molar-refractivity contribution >= 4 is 29.2 Å². The maximum Gasteiger partial charge on any atom is 0.219 e. The number of nitriles is 1. The van der Waals surface area contributed by atoms with Gasteiger partial charge in [0.2, 0.25) is 5.69 Å². The van der Waals surface area contributed by atoms with Crippen LogP contribution >= 0.6 is 23.5 Å². The molecule has 0 aliphatic heterocycles. The molecule has 3 rings (SSSR count). The zero-order valence-corrected chi connectivity index (χ0v) is 16.1. The molecule has 126 valence electrons. The summed E-state index contributed by atoms with van der Waals surface area (Å²) >= 11 is 3.04. The van der Waals surface area contributed by atoms with Crippen LogP contribution in [0.3, 0.4) is 0 Å². The summed E-state index contributed by atoms with van der Waals surface area (Å²) < 4.78 is 0. The molecule has 0 radical (unpaired) electrons. The summed E-state index contributed by atoms with van der Waals surface area (Å²) in [7, 11) is 0. The number of benzene rings is 3. The summed E-state index contributed by atoms with van der Waals surface area (Å²) in [6, 6.07) is 22.4. The van der Waals surface area contributed by atoms with Crippen LogP contribution in [0.5, 0.6) is 0 Å². The second-order valence-electron chi connectivity index (χ2n) is 5.84. The molecule has 0 amide bonds. The number of hydrogen-bond acceptors (Lipinski definition) is 3. The van der Waals surface area contributed by atoms with Gasteiger partial charge in [-0.2, -0.15) is 5.26 Å². The Morgan fingerprint density at radius 1 is 0.769 bits per heavy atom. The fourth-order valence-corrected chi connectivity index (χ4v) is 4.22. The minimum atomic E-state index is 0.426. The maximum absolute atomic E-state index is 9.66. The first-order valence-corrected chi connectivity index (χ1v) is 9.67. The maximum atomic E-state index is 9.66. The third-order valence-electron chi connectivity index (χ3n) is 3.82. The van der Waals surface area contributed by atoms with Gasteiger partial charge in [0.25, 0.3) is 0 Å². The van der Waals surface area contributed by atoms with Gasteiger partial charge in [0.05, 0.1) is 18.2 Å².